The number of carboxylic acid groups (broad SMARTS) is 1. The van der Waals surface area contributed by atoms with Crippen LogP contribution in [0.25, 0.3) is 0 Å². The monoisotopic (exact) mass is 605 g/mol. The molecule has 18 heteroatoms. The number of nitrogens with zero attached hydrogens (tertiary/aromatic N) is 7. The number of carboxylic acids is 1. The molecule has 2 aromatic heterocycles. The Hall–Kier alpha value is -3.77. The van der Waals surface area contributed by atoms with E-state index in [0.717, 1.165) is 30.6 Å². The standard InChI is InChI=1S/C22H23N9O6S3/c1-30-22(26-28-29-30)40-8-11-7-38-19-15(18(34)31(19)16(11)20(35)36)25-17(33)14(13-9-39-21(24-13)23-10-32)27-37-12-5-3-2-4-6-12/h3,5,9-10,12,15,19H,2,4,6-8H2,1H3,(H,25,33)(H,35,36)(H,23,24,32)/b27-14-/t12?,15?,19-/m1/s1. The van der Waals surface area contributed by atoms with Gasteiger partial charge in [-0.15, -0.1) is 28.2 Å². The van der Waals surface area contributed by atoms with Gasteiger partial charge in [0.15, 0.2) is 10.8 Å². The number of aryl methyl sites for hydroxylation is 1. The number of rotatable bonds is 11. The number of thiazole rings is 1. The molecule has 3 atom stereocenters. The first-order chi connectivity index (χ1) is 19.4. The van der Waals surface area contributed by atoms with Crippen molar-refractivity contribution in [2.75, 3.05) is 16.8 Å². The lowest BCUT2D eigenvalue weighted by molar-refractivity contribution is -0.150. The predicted molar refractivity (Wildman–Crippen MR) is 145 cm³/mol. The van der Waals surface area contributed by atoms with Crippen LogP contribution in [0, 0.1) is 0 Å². The molecule has 2 aliphatic heterocycles. The molecular weight excluding hydrogens is 583 g/mol. The molecule has 0 radical (unpaired) electrons. The number of carbonyl (C=O) groups is 4. The number of oxime groups is 1. The fourth-order valence-electron chi connectivity index (χ4n) is 4.19. The van der Waals surface area contributed by atoms with Crippen LogP contribution >= 0.6 is 34.9 Å². The van der Waals surface area contributed by atoms with E-state index in [0.29, 0.717) is 22.9 Å². The van der Waals surface area contributed by atoms with Gasteiger partial charge in [0.05, 0.1) is 0 Å². The Balaban J connectivity index is 1.32. The first-order valence-electron chi connectivity index (χ1n) is 12.0. The minimum atomic E-state index is -1.23. The Labute approximate surface area is 239 Å². The fourth-order valence-corrected chi connectivity index (χ4v) is 7.18. The smallest absolute Gasteiger partial charge is 0.352 e. The van der Waals surface area contributed by atoms with Crippen molar-refractivity contribution in [2.24, 2.45) is 12.2 Å². The van der Waals surface area contributed by atoms with Gasteiger partial charge in [-0.3, -0.25) is 19.3 Å². The van der Waals surface area contributed by atoms with Crippen LogP contribution in [0.15, 0.2) is 39.1 Å². The minimum Gasteiger partial charge on any atom is -0.477 e. The van der Waals surface area contributed by atoms with Crippen molar-refractivity contribution in [3.63, 3.8) is 0 Å². The molecule has 4 heterocycles. The molecule has 15 nitrogen and oxygen atoms in total. The highest BCUT2D eigenvalue weighted by atomic mass is 32.2. The summed E-state index contributed by atoms with van der Waals surface area (Å²) in [7, 11) is 1.67. The first kappa shape index (κ1) is 27.8. The number of carbonyl (C=O) groups excluding carboxylic acids is 3. The molecule has 0 saturated carbocycles. The van der Waals surface area contributed by atoms with Crippen LogP contribution in [-0.4, -0.2) is 94.1 Å². The summed E-state index contributed by atoms with van der Waals surface area (Å²) in [5.41, 5.74) is 0.445. The maximum absolute atomic E-state index is 13.4. The second-order valence-electron chi connectivity index (χ2n) is 8.73. The zero-order valence-corrected chi connectivity index (χ0v) is 23.4. The maximum Gasteiger partial charge on any atom is 0.352 e. The summed E-state index contributed by atoms with van der Waals surface area (Å²) in [5, 5.41) is 32.0. The van der Waals surface area contributed by atoms with Gasteiger partial charge in [0.2, 0.25) is 11.6 Å². The van der Waals surface area contributed by atoms with Crippen LogP contribution < -0.4 is 10.6 Å². The molecule has 0 bridgehead atoms. The molecule has 1 aliphatic carbocycles. The van der Waals surface area contributed by atoms with Gasteiger partial charge in [-0.25, -0.2) is 14.5 Å². The van der Waals surface area contributed by atoms with Gasteiger partial charge in [-0.05, 0) is 41.3 Å². The predicted octanol–water partition coefficient (Wildman–Crippen LogP) is 0.595. The zero-order chi connectivity index (χ0) is 28.2. The highest BCUT2D eigenvalue weighted by Crippen LogP contribution is 2.41. The Morgan fingerprint density at radius 1 is 1.40 bits per heavy atom. The second kappa shape index (κ2) is 12.2. The summed E-state index contributed by atoms with van der Waals surface area (Å²) in [6.45, 7) is 0. The summed E-state index contributed by atoms with van der Waals surface area (Å²) < 4.78 is 1.47. The topological polar surface area (TPSA) is 194 Å². The van der Waals surface area contributed by atoms with Crippen molar-refractivity contribution in [1.82, 2.24) is 35.4 Å². The van der Waals surface area contributed by atoms with Gasteiger partial charge in [0.25, 0.3) is 11.8 Å². The van der Waals surface area contributed by atoms with Crippen molar-refractivity contribution < 1.29 is 29.1 Å². The third-order valence-corrected chi connectivity index (χ3v) is 9.34. The second-order valence-corrected chi connectivity index (χ2v) is 11.6. The molecule has 3 amide bonds. The average molecular weight is 606 g/mol. The van der Waals surface area contributed by atoms with E-state index in [2.05, 4.69) is 36.3 Å². The molecule has 40 heavy (non-hydrogen) atoms. The molecule has 0 spiro atoms. The van der Waals surface area contributed by atoms with Crippen molar-refractivity contribution in [3.8, 4) is 0 Å². The van der Waals surface area contributed by atoms with E-state index in [1.165, 1.54) is 38.5 Å². The van der Waals surface area contributed by atoms with E-state index in [9.17, 15) is 24.3 Å². The molecule has 5 rings (SSSR count). The van der Waals surface area contributed by atoms with Crippen LogP contribution in [0.1, 0.15) is 25.0 Å². The lowest BCUT2D eigenvalue weighted by Crippen LogP contribution is -2.71. The number of amides is 3. The lowest BCUT2D eigenvalue weighted by Gasteiger charge is -2.49. The average Bonchev–Trinajstić information content (AvgIpc) is 3.59. The molecule has 1 fully saturated rings. The number of thioether (sulfide) groups is 2. The molecule has 3 N–H and O–H groups in total. The summed E-state index contributed by atoms with van der Waals surface area (Å²) >= 11 is 3.71. The summed E-state index contributed by atoms with van der Waals surface area (Å²) in [4.78, 5) is 60.5. The van der Waals surface area contributed by atoms with E-state index >= 15 is 0 Å². The van der Waals surface area contributed by atoms with Gasteiger partial charge >= 0.3 is 5.97 Å². The van der Waals surface area contributed by atoms with Crippen LogP contribution in [0.2, 0.25) is 0 Å². The number of hydrogen-bond donors (Lipinski definition) is 3. The van der Waals surface area contributed by atoms with Gasteiger partial charge < -0.3 is 20.6 Å². The minimum absolute atomic E-state index is 0.104. The highest BCUT2D eigenvalue weighted by Gasteiger charge is 2.54. The van der Waals surface area contributed by atoms with E-state index < -0.39 is 29.2 Å². The van der Waals surface area contributed by atoms with E-state index in [1.807, 2.05) is 12.2 Å². The largest absolute Gasteiger partial charge is 0.477 e. The van der Waals surface area contributed by atoms with Crippen LogP contribution in [0.3, 0.4) is 0 Å². The Morgan fingerprint density at radius 3 is 2.95 bits per heavy atom. The van der Waals surface area contributed by atoms with Gasteiger partial charge in [-0.1, -0.05) is 23.0 Å². The molecule has 3 aliphatic rings. The zero-order valence-electron chi connectivity index (χ0n) is 20.9. The molecule has 0 aromatic carbocycles. The SMILES string of the molecule is Cn1nnnc1SCC1=C(C(=O)O)N2C(=O)C(NC(=O)/C(=N\OC3C=CCCC3)c3csc(NC=O)n3)[C@H]2SC1. The number of tetrazole rings is 1. The Morgan fingerprint density at radius 2 is 2.25 bits per heavy atom. The number of anilines is 1. The first-order valence-corrected chi connectivity index (χ1v) is 14.9. The van der Waals surface area contributed by atoms with Crippen molar-refractivity contribution >= 4 is 69.9 Å². The van der Waals surface area contributed by atoms with Gasteiger partial charge in [-0.2, -0.15) is 0 Å². The van der Waals surface area contributed by atoms with Crippen molar-refractivity contribution in [1.29, 1.82) is 0 Å². The summed E-state index contributed by atoms with van der Waals surface area (Å²) in [6.07, 6.45) is 6.59. The van der Waals surface area contributed by atoms with Crippen molar-refractivity contribution in [2.45, 2.75) is 41.9 Å². The number of hydrogen-bond acceptors (Lipinski definition) is 13. The van der Waals surface area contributed by atoms with Gasteiger partial charge in [0, 0.05) is 23.9 Å². The highest BCUT2D eigenvalue weighted by molar-refractivity contribution is 8.01. The third kappa shape index (κ3) is 5.73. The van der Waals surface area contributed by atoms with E-state index in [-0.39, 0.29) is 34.1 Å². The number of fused-ring (bicyclic) bond motifs is 1. The molecule has 210 valence electrons. The van der Waals surface area contributed by atoms with Crippen LogP contribution in [0.5, 0.6) is 0 Å². The number of aliphatic carboxylic acids is 1. The molecule has 2 aromatic rings. The molecular formula is C22H23N9O6S3. The van der Waals surface area contributed by atoms with Gasteiger partial charge in [0.1, 0.15) is 28.9 Å². The normalized spacial score (nSPS) is 22.4. The summed E-state index contributed by atoms with van der Waals surface area (Å²) in [5.74, 6) is -1.88. The van der Waals surface area contributed by atoms with E-state index in [4.69, 9.17) is 4.84 Å². The van der Waals surface area contributed by atoms with Crippen LogP contribution in [0.4, 0.5) is 5.13 Å². The fraction of sp³-hybridized carbons (Fsp3) is 0.409. The lowest BCUT2D eigenvalue weighted by atomic mass is 10.0. The molecule has 2 unspecified atom stereocenters. The van der Waals surface area contributed by atoms with Crippen molar-refractivity contribution in [3.05, 3.63) is 34.5 Å². The maximum atomic E-state index is 13.4. The third-order valence-electron chi connectivity index (χ3n) is 6.13. The Kier molecular flexibility index (Phi) is 8.46. The number of allylic oxidation sites excluding steroid dienone is 1. The quantitative estimate of drug-likeness (QED) is 0.0807. The van der Waals surface area contributed by atoms with Crippen LogP contribution in [-0.2, 0) is 31.1 Å². The summed E-state index contributed by atoms with van der Waals surface area (Å²) in [6, 6.07) is -0.977. The number of aromatic nitrogens is 5. The Bertz CT molecular complexity index is 1420. The number of β-lactam (4-membered cyclic amide) rings is 1. The van der Waals surface area contributed by atoms with E-state index in [1.54, 1.807) is 7.05 Å². The molecule has 1 saturated heterocycles. The number of nitrogens with one attached hydrogen (secondary N) is 2.